The van der Waals surface area contributed by atoms with Crippen LogP contribution in [0.2, 0.25) is 0 Å². The molecule has 110 valence electrons. The Morgan fingerprint density at radius 3 is 2.37 bits per heavy atom. The van der Waals surface area contributed by atoms with E-state index in [1.165, 1.54) is 0 Å². The third-order valence-electron chi connectivity index (χ3n) is 3.49. The summed E-state index contributed by atoms with van der Waals surface area (Å²) < 4.78 is 5.16. The first kappa shape index (κ1) is 15.9. The molecule has 1 heterocycles. The van der Waals surface area contributed by atoms with Crippen molar-refractivity contribution in [1.29, 1.82) is 0 Å². The third-order valence-corrected chi connectivity index (χ3v) is 3.49. The molecule has 0 aromatic carbocycles. The Kier molecular flexibility index (Phi) is 6.80. The van der Waals surface area contributed by atoms with Gasteiger partial charge in [0.05, 0.1) is 0 Å². The van der Waals surface area contributed by atoms with Gasteiger partial charge in [-0.3, -0.25) is 4.79 Å². The summed E-state index contributed by atoms with van der Waals surface area (Å²) in [5.41, 5.74) is 4.26. The minimum absolute atomic E-state index is 0.183. The molecule has 1 aliphatic rings. The standard InChI is InChI=1S/C13H24N2O4/c14-8-4-2-1-3-5-11(16)15-13(12(17)18)6-9-19-10-7-13/h1-10,14H2,(H,15,16)(H,17,18). The zero-order valence-electron chi connectivity index (χ0n) is 11.3. The average Bonchev–Trinajstić information content (AvgIpc) is 2.39. The number of aliphatic carboxylic acids is 1. The first-order valence-corrected chi connectivity index (χ1v) is 6.93. The fourth-order valence-corrected chi connectivity index (χ4v) is 2.23. The molecular weight excluding hydrogens is 248 g/mol. The highest BCUT2D eigenvalue weighted by molar-refractivity contribution is 5.87. The molecule has 6 nitrogen and oxygen atoms in total. The lowest BCUT2D eigenvalue weighted by Crippen LogP contribution is -2.57. The van der Waals surface area contributed by atoms with Crippen LogP contribution in [0.15, 0.2) is 0 Å². The summed E-state index contributed by atoms with van der Waals surface area (Å²) in [6.07, 6.45) is 4.76. The van der Waals surface area contributed by atoms with E-state index in [9.17, 15) is 14.7 Å². The van der Waals surface area contributed by atoms with Crippen LogP contribution in [-0.2, 0) is 14.3 Å². The van der Waals surface area contributed by atoms with Gasteiger partial charge in [0.2, 0.25) is 5.91 Å². The average molecular weight is 272 g/mol. The van der Waals surface area contributed by atoms with Crippen molar-refractivity contribution in [2.45, 2.75) is 50.5 Å². The lowest BCUT2D eigenvalue weighted by Gasteiger charge is -2.33. The zero-order valence-corrected chi connectivity index (χ0v) is 11.3. The number of unbranched alkanes of at least 4 members (excludes halogenated alkanes) is 3. The van der Waals surface area contributed by atoms with E-state index in [2.05, 4.69) is 5.32 Å². The molecule has 0 atom stereocenters. The quantitative estimate of drug-likeness (QED) is 0.563. The van der Waals surface area contributed by atoms with Crippen molar-refractivity contribution in [3.8, 4) is 0 Å². The molecule has 0 spiro atoms. The third kappa shape index (κ3) is 5.16. The van der Waals surface area contributed by atoms with Crippen LogP contribution in [0, 0.1) is 0 Å². The van der Waals surface area contributed by atoms with Gasteiger partial charge in [-0.25, -0.2) is 4.79 Å². The molecule has 0 saturated carbocycles. The van der Waals surface area contributed by atoms with Crippen LogP contribution < -0.4 is 11.1 Å². The van der Waals surface area contributed by atoms with Crippen LogP contribution in [0.4, 0.5) is 0 Å². The molecule has 19 heavy (non-hydrogen) atoms. The smallest absolute Gasteiger partial charge is 0.329 e. The lowest BCUT2D eigenvalue weighted by molar-refractivity contribution is -0.152. The molecule has 0 bridgehead atoms. The maximum atomic E-state index is 11.8. The predicted molar refractivity (Wildman–Crippen MR) is 70.7 cm³/mol. The second-order valence-corrected chi connectivity index (χ2v) is 5.00. The van der Waals surface area contributed by atoms with Crippen molar-refractivity contribution < 1.29 is 19.4 Å². The Labute approximate surface area is 113 Å². The fourth-order valence-electron chi connectivity index (χ4n) is 2.23. The van der Waals surface area contributed by atoms with Gasteiger partial charge in [-0.15, -0.1) is 0 Å². The zero-order chi connectivity index (χ0) is 14.1. The van der Waals surface area contributed by atoms with Gasteiger partial charge in [-0.2, -0.15) is 0 Å². The van der Waals surface area contributed by atoms with E-state index in [1.54, 1.807) is 0 Å². The lowest BCUT2D eigenvalue weighted by atomic mass is 9.90. The summed E-state index contributed by atoms with van der Waals surface area (Å²) >= 11 is 0. The summed E-state index contributed by atoms with van der Waals surface area (Å²) in [4.78, 5) is 23.2. The Balaban J connectivity index is 2.33. The van der Waals surface area contributed by atoms with E-state index in [-0.39, 0.29) is 5.91 Å². The highest BCUT2D eigenvalue weighted by atomic mass is 16.5. The number of amides is 1. The first-order valence-electron chi connectivity index (χ1n) is 6.93. The molecule has 1 fully saturated rings. The van der Waals surface area contributed by atoms with E-state index in [1.807, 2.05) is 0 Å². The molecule has 0 unspecified atom stereocenters. The van der Waals surface area contributed by atoms with Gasteiger partial charge in [0.15, 0.2) is 0 Å². The minimum atomic E-state index is -1.13. The number of hydrogen-bond donors (Lipinski definition) is 3. The molecule has 1 rings (SSSR count). The highest BCUT2D eigenvalue weighted by Gasteiger charge is 2.41. The van der Waals surface area contributed by atoms with Crippen LogP contribution in [0.5, 0.6) is 0 Å². The van der Waals surface area contributed by atoms with Crippen molar-refractivity contribution in [2.24, 2.45) is 5.73 Å². The molecular formula is C13H24N2O4. The topological polar surface area (TPSA) is 102 Å². The largest absolute Gasteiger partial charge is 0.480 e. The van der Waals surface area contributed by atoms with E-state index in [0.29, 0.717) is 39.0 Å². The van der Waals surface area contributed by atoms with Gasteiger partial charge in [0.25, 0.3) is 0 Å². The highest BCUT2D eigenvalue weighted by Crippen LogP contribution is 2.21. The van der Waals surface area contributed by atoms with Gasteiger partial charge in [0, 0.05) is 32.5 Å². The minimum Gasteiger partial charge on any atom is -0.480 e. The summed E-state index contributed by atoms with van der Waals surface area (Å²) in [5.74, 6) is -1.15. The number of nitrogens with one attached hydrogen (secondary N) is 1. The molecule has 6 heteroatoms. The molecule has 0 radical (unpaired) electrons. The first-order chi connectivity index (χ1) is 9.10. The molecule has 0 aromatic heterocycles. The normalized spacial score (nSPS) is 17.9. The molecule has 0 aliphatic carbocycles. The number of carboxylic acid groups (broad SMARTS) is 1. The Morgan fingerprint density at radius 2 is 1.79 bits per heavy atom. The van der Waals surface area contributed by atoms with Crippen molar-refractivity contribution in [3.63, 3.8) is 0 Å². The van der Waals surface area contributed by atoms with Crippen molar-refractivity contribution >= 4 is 11.9 Å². The summed E-state index contributed by atoms with van der Waals surface area (Å²) in [7, 11) is 0. The fraction of sp³-hybridized carbons (Fsp3) is 0.846. The molecule has 1 aliphatic heterocycles. The maximum absolute atomic E-state index is 11.8. The van der Waals surface area contributed by atoms with E-state index in [4.69, 9.17) is 10.5 Å². The number of hydrogen-bond acceptors (Lipinski definition) is 4. The summed E-state index contributed by atoms with van der Waals surface area (Å²) in [6, 6.07) is 0. The number of carboxylic acids is 1. The van der Waals surface area contributed by atoms with Gasteiger partial charge in [0.1, 0.15) is 5.54 Å². The number of carbonyl (C=O) groups is 2. The monoisotopic (exact) mass is 272 g/mol. The molecule has 0 aromatic rings. The SMILES string of the molecule is NCCCCCCC(=O)NC1(C(=O)O)CCOCC1. The number of rotatable bonds is 8. The second-order valence-electron chi connectivity index (χ2n) is 5.00. The Bertz CT molecular complexity index is 301. The van der Waals surface area contributed by atoms with E-state index < -0.39 is 11.5 Å². The summed E-state index contributed by atoms with van der Waals surface area (Å²) in [5, 5.41) is 12.0. The van der Waals surface area contributed by atoms with Gasteiger partial charge in [-0.05, 0) is 19.4 Å². The number of carbonyl (C=O) groups excluding carboxylic acids is 1. The Morgan fingerprint density at radius 1 is 1.16 bits per heavy atom. The Hall–Kier alpha value is -1.14. The van der Waals surface area contributed by atoms with Crippen molar-refractivity contribution in [3.05, 3.63) is 0 Å². The maximum Gasteiger partial charge on any atom is 0.329 e. The van der Waals surface area contributed by atoms with Crippen molar-refractivity contribution in [1.82, 2.24) is 5.32 Å². The van der Waals surface area contributed by atoms with Crippen molar-refractivity contribution in [2.75, 3.05) is 19.8 Å². The van der Waals surface area contributed by atoms with Gasteiger partial charge >= 0.3 is 5.97 Å². The van der Waals surface area contributed by atoms with Crippen LogP contribution >= 0.6 is 0 Å². The molecule has 4 N–H and O–H groups in total. The van der Waals surface area contributed by atoms with Crippen LogP contribution in [0.3, 0.4) is 0 Å². The van der Waals surface area contributed by atoms with Gasteiger partial charge < -0.3 is 20.9 Å². The van der Waals surface area contributed by atoms with Crippen LogP contribution in [0.1, 0.15) is 44.9 Å². The molecule has 1 saturated heterocycles. The van der Waals surface area contributed by atoms with Gasteiger partial charge in [-0.1, -0.05) is 12.8 Å². The van der Waals surface area contributed by atoms with Crippen LogP contribution in [-0.4, -0.2) is 42.3 Å². The van der Waals surface area contributed by atoms with E-state index >= 15 is 0 Å². The summed E-state index contributed by atoms with van der Waals surface area (Å²) in [6.45, 7) is 1.43. The second kappa shape index (κ2) is 8.12. The number of nitrogens with two attached hydrogens (primary N) is 1. The molecule has 1 amide bonds. The van der Waals surface area contributed by atoms with E-state index in [0.717, 1.165) is 25.7 Å². The van der Waals surface area contributed by atoms with Crippen LogP contribution in [0.25, 0.3) is 0 Å². The number of ether oxygens (including phenoxy) is 1. The predicted octanol–water partition coefficient (Wildman–Crippen LogP) is 0.646.